The van der Waals surface area contributed by atoms with Crippen LogP contribution in [0.25, 0.3) is 17.1 Å². The van der Waals surface area contributed by atoms with Crippen molar-refractivity contribution in [3.8, 4) is 22.8 Å². The Kier molecular flexibility index (Phi) is 9.10. The lowest BCUT2D eigenvalue weighted by atomic mass is 10.1. The van der Waals surface area contributed by atoms with Crippen LogP contribution in [0.15, 0.2) is 84.1 Å². The van der Waals surface area contributed by atoms with Crippen molar-refractivity contribution >= 4 is 34.6 Å². The molecule has 0 radical (unpaired) electrons. The second-order valence-electron chi connectivity index (χ2n) is 9.48. The predicted molar refractivity (Wildman–Crippen MR) is 158 cm³/mol. The molecule has 0 bridgehead atoms. The number of thioether (sulfide) groups is 1. The average molecular weight is 609 g/mol. The highest BCUT2D eigenvalue weighted by Crippen LogP contribution is 2.30. The average Bonchev–Trinajstić information content (AvgIpc) is 3.62. The molecule has 4 aromatic rings. The number of alkyl halides is 3. The monoisotopic (exact) mass is 608 g/mol. The van der Waals surface area contributed by atoms with Gasteiger partial charge in [0.15, 0.2) is 11.0 Å². The molecule has 3 amide bonds. The molecule has 3 aromatic carbocycles. The van der Waals surface area contributed by atoms with Gasteiger partial charge in [0.1, 0.15) is 12.1 Å². The molecule has 0 atom stereocenters. The summed E-state index contributed by atoms with van der Waals surface area (Å²) in [5.74, 6) is 0.265. The molecule has 0 aliphatic carbocycles. The van der Waals surface area contributed by atoms with E-state index < -0.39 is 12.4 Å². The molecule has 0 spiro atoms. The Hall–Kier alpha value is -4.65. The number of amides is 3. The molecular formula is C30H27F3N6O3S. The fraction of sp³-hybridized carbons (Fsp3) is 0.233. The fourth-order valence-electron chi connectivity index (χ4n) is 4.51. The summed E-state index contributed by atoms with van der Waals surface area (Å²) in [6.07, 6.45) is -1.19. The molecule has 13 heteroatoms. The van der Waals surface area contributed by atoms with E-state index in [2.05, 4.69) is 25.1 Å². The number of anilines is 1. The van der Waals surface area contributed by atoms with Gasteiger partial charge in [-0.3, -0.25) is 9.69 Å². The minimum Gasteiger partial charge on any atom is -0.406 e. The summed E-state index contributed by atoms with van der Waals surface area (Å²) in [6, 6.07) is 20.1. The van der Waals surface area contributed by atoms with Crippen molar-refractivity contribution in [2.75, 3.05) is 17.2 Å². The van der Waals surface area contributed by atoms with Crippen LogP contribution in [0.2, 0.25) is 0 Å². The lowest BCUT2D eigenvalue weighted by Crippen LogP contribution is -2.32. The van der Waals surface area contributed by atoms with Crippen LogP contribution in [-0.2, 0) is 17.6 Å². The van der Waals surface area contributed by atoms with Crippen LogP contribution in [0.1, 0.15) is 24.5 Å². The molecule has 1 aliphatic rings. The Morgan fingerprint density at radius 3 is 2.65 bits per heavy atom. The van der Waals surface area contributed by atoms with Gasteiger partial charge in [-0.1, -0.05) is 55.1 Å². The van der Waals surface area contributed by atoms with Gasteiger partial charge in [-0.2, -0.15) is 4.99 Å². The van der Waals surface area contributed by atoms with Crippen molar-refractivity contribution in [3.63, 3.8) is 0 Å². The third-order valence-electron chi connectivity index (χ3n) is 6.51. The number of aromatic nitrogens is 3. The van der Waals surface area contributed by atoms with Crippen molar-refractivity contribution in [2.24, 2.45) is 4.99 Å². The largest absolute Gasteiger partial charge is 0.573 e. The number of carbonyl (C=O) groups is 2. The first-order valence-corrected chi connectivity index (χ1v) is 14.5. The molecule has 2 heterocycles. The van der Waals surface area contributed by atoms with E-state index in [4.69, 9.17) is 0 Å². The summed E-state index contributed by atoms with van der Waals surface area (Å²) < 4.78 is 42.6. The number of urea groups is 1. The topological polar surface area (TPSA) is 102 Å². The standard InChI is InChI=1S/C30H27F3N6O3S/c1-2-21-9-3-4-11-25(21)39-26(40)18-43-29(39)36-28(41)34-16-6-8-20-7-5-10-22(17-20)27-35-19-38(37-27)23-12-14-24(15-13-23)42-30(31,32)33/h3-5,7,9-15,17,19H,2,6,8,16,18H2,1H3,(H,34,41)/b36-29-. The first-order chi connectivity index (χ1) is 20.7. The molecule has 1 aliphatic heterocycles. The highest BCUT2D eigenvalue weighted by atomic mass is 32.2. The van der Waals surface area contributed by atoms with E-state index in [1.165, 1.54) is 51.9 Å². The SMILES string of the molecule is CCc1ccccc1N1C(=O)CS/C1=N\C(=O)NCCCc1cccc(-c2ncn(-c3ccc(OC(F)(F)F)cc3)n2)c1. The van der Waals surface area contributed by atoms with E-state index in [0.717, 1.165) is 28.8 Å². The number of nitrogens with one attached hydrogen (secondary N) is 1. The Labute approximate surface area is 249 Å². The third kappa shape index (κ3) is 7.60. The highest BCUT2D eigenvalue weighted by Gasteiger charge is 2.32. The molecule has 1 saturated heterocycles. The second kappa shape index (κ2) is 13.1. The van der Waals surface area contributed by atoms with Crippen molar-refractivity contribution in [1.82, 2.24) is 20.1 Å². The van der Waals surface area contributed by atoms with Gasteiger partial charge in [0.25, 0.3) is 0 Å². The summed E-state index contributed by atoms with van der Waals surface area (Å²) in [6.45, 7) is 2.41. The van der Waals surface area contributed by atoms with Gasteiger partial charge in [-0.05, 0) is 66.8 Å². The van der Waals surface area contributed by atoms with Gasteiger partial charge < -0.3 is 10.1 Å². The fourth-order valence-corrected chi connectivity index (χ4v) is 5.37. The van der Waals surface area contributed by atoms with Crippen LogP contribution in [0, 0.1) is 0 Å². The van der Waals surface area contributed by atoms with E-state index in [1.54, 1.807) is 0 Å². The molecule has 222 valence electrons. The maximum absolute atomic E-state index is 12.6. The van der Waals surface area contributed by atoms with Gasteiger partial charge in [0.05, 0.1) is 17.1 Å². The van der Waals surface area contributed by atoms with E-state index in [1.807, 2.05) is 55.5 Å². The number of hydrogen-bond donors (Lipinski definition) is 1. The number of amidine groups is 1. The van der Waals surface area contributed by atoms with E-state index >= 15 is 0 Å². The van der Waals surface area contributed by atoms with Crippen molar-refractivity contribution in [3.05, 3.63) is 90.3 Å². The summed E-state index contributed by atoms with van der Waals surface area (Å²) in [5, 5.41) is 7.62. The smallest absolute Gasteiger partial charge is 0.406 e. The zero-order valence-corrected chi connectivity index (χ0v) is 23.9. The first-order valence-electron chi connectivity index (χ1n) is 13.5. The zero-order valence-electron chi connectivity index (χ0n) is 23.0. The Bertz CT molecular complexity index is 1640. The molecule has 0 unspecified atom stereocenters. The molecule has 9 nitrogen and oxygen atoms in total. The summed E-state index contributed by atoms with van der Waals surface area (Å²) >= 11 is 1.24. The number of aryl methyl sites for hydroxylation is 2. The number of rotatable bonds is 9. The normalized spacial score (nSPS) is 14.4. The highest BCUT2D eigenvalue weighted by molar-refractivity contribution is 8.15. The van der Waals surface area contributed by atoms with Gasteiger partial charge in [0.2, 0.25) is 5.91 Å². The lowest BCUT2D eigenvalue weighted by Gasteiger charge is -2.19. The molecule has 43 heavy (non-hydrogen) atoms. The summed E-state index contributed by atoms with van der Waals surface area (Å²) in [5.41, 5.74) is 4.08. The lowest BCUT2D eigenvalue weighted by molar-refractivity contribution is -0.274. The summed E-state index contributed by atoms with van der Waals surface area (Å²) in [7, 11) is 0. The van der Waals surface area contributed by atoms with Gasteiger partial charge >= 0.3 is 12.4 Å². The number of para-hydroxylation sites is 1. The third-order valence-corrected chi connectivity index (χ3v) is 7.43. The van der Waals surface area contributed by atoms with E-state index in [-0.39, 0.29) is 17.4 Å². The van der Waals surface area contributed by atoms with Crippen molar-refractivity contribution in [1.29, 1.82) is 0 Å². The van der Waals surface area contributed by atoms with Crippen molar-refractivity contribution < 1.29 is 27.5 Å². The van der Waals surface area contributed by atoms with E-state index in [0.29, 0.717) is 36.1 Å². The first kappa shape index (κ1) is 29.8. The number of hydrogen-bond acceptors (Lipinski definition) is 6. The molecular weight excluding hydrogens is 581 g/mol. The quantitative estimate of drug-likeness (QED) is 0.228. The van der Waals surface area contributed by atoms with Crippen molar-refractivity contribution in [2.45, 2.75) is 32.5 Å². The summed E-state index contributed by atoms with van der Waals surface area (Å²) in [4.78, 5) is 35.1. The predicted octanol–water partition coefficient (Wildman–Crippen LogP) is 6.17. The minimum absolute atomic E-state index is 0.106. The van der Waals surface area contributed by atoms with Crippen LogP contribution >= 0.6 is 11.8 Å². The Morgan fingerprint density at radius 1 is 1.09 bits per heavy atom. The minimum atomic E-state index is -4.76. The van der Waals surface area contributed by atoms with Crippen LogP contribution in [0.5, 0.6) is 5.75 Å². The number of benzene rings is 3. The van der Waals surface area contributed by atoms with Crippen LogP contribution in [0.4, 0.5) is 23.7 Å². The number of carbonyl (C=O) groups excluding carboxylic acids is 2. The Balaban J connectivity index is 1.15. The molecule has 1 fully saturated rings. The number of aliphatic imine (C=N–C) groups is 1. The maximum Gasteiger partial charge on any atom is 0.573 e. The zero-order chi connectivity index (χ0) is 30.4. The molecule has 5 rings (SSSR count). The van der Waals surface area contributed by atoms with Gasteiger partial charge in [-0.15, -0.1) is 18.3 Å². The molecule has 0 saturated carbocycles. The van der Waals surface area contributed by atoms with Crippen LogP contribution < -0.4 is 15.0 Å². The second-order valence-corrected chi connectivity index (χ2v) is 10.4. The van der Waals surface area contributed by atoms with Crippen LogP contribution in [0.3, 0.4) is 0 Å². The van der Waals surface area contributed by atoms with Gasteiger partial charge in [0, 0.05) is 12.1 Å². The number of halogens is 3. The van der Waals surface area contributed by atoms with Gasteiger partial charge in [-0.25, -0.2) is 14.5 Å². The number of nitrogens with zero attached hydrogens (tertiary/aromatic N) is 5. The molecule has 1 aromatic heterocycles. The Morgan fingerprint density at radius 2 is 1.88 bits per heavy atom. The maximum atomic E-state index is 12.6. The van der Waals surface area contributed by atoms with Crippen LogP contribution in [-0.4, -0.2) is 50.5 Å². The van der Waals surface area contributed by atoms with E-state index in [9.17, 15) is 22.8 Å². The number of ether oxygens (including phenoxy) is 1. The molecule has 1 N–H and O–H groups in total.